The predicted molar refractivity (Wildman–Crippen MR) is 136 cm³/mol. The van der Waals surface area contributed by atoms with Gasteiger partial charge in [0.25, 0.3) is 0 Å². The van der Waals surface area contributed by atoms with Crippen molar-refractivity contribution in [3.63, 3.8) is 0 Å². The van der Waals surface area contributed by atoms with Crippen molar-refractivity contribution < 1.29 is 27.5 Å². The number of hydrogen-bond donors (Lipinski definition) is 2. The molecule has 0 saturated heterocycles. The van der Waals surface area contributed by atoms with Crippen LogP contribution in [0.15, 0.2) is 60.8 Å². The minimum atomic E-state index is -4.85. The third kappa shape index (κ3) is 5.16. The Morgan fingerprint density at radius 3 is 2.44 bits per heavy atom. The zero-order valence-corrected chi connectivity index (χ0v) is 20.3. The Hall–Kier alpha value is -4.78. The van der Waals surface area contributed by atoms with E-state index in [2.05, 4.69) is 15.2 Å². The van der Waals surface area contributed by atoms with Crippen molar-refractivity contribution in [1.29, 1.82) is 5.26 Å². The Balaban J connectivity index is 1.83. The first-order valence-electron chi connectivity index (χ1n) is 12.0. The Labute approximate surface area is 219 Å². The quantitative estimate of drug-likeness (QED) is 0.209. The Bertz CT molecular complexity index is 1670. The maximum atomic E-state index is 14.2. The summed E-state index contributed by atoms with van der Waals surface area (Å²) < 4.78 is 56.5. The number of halogens is 4. The van der Waals surface area contributed by atoms with Crippen molar-refractivity contribution in [2.24, 2.45) is 5.92 Å². The van der Waals surface area contributed by atoms with E-state index >= 15 is 0 Å². The molecular weight excluding hydrogens is 512 g/mol. The monoisotopic (exact) mass is 532 g/mol. The molecule has 0 amide bonds. The largest absolute Gasteiger partial charge is 0.478 e. The van der Waals surface area contributed by atoms with Crippen LogP contribution in [0.25, 0.3) is 28.1 Å². The second-order valence-electron chi connectivity index (χ2n) is 9.20. The van der Waals surface area contributed by atoms with Crippen LogP contribution < -0.4 is 0 Å². The lowest BCUT2D eigenvalue weighted by atomic mass is 9.73. The number of pyridine rings is 1. The van der Waals surface area contributed by atoms with Crippen LogP contribution in [0.2, 0.25) is 0 Å². The number of benzene rings is 2. The SMILES string of the molecule is N#Cc1n[nH]c2ccc(C(=C(c3ncc(F)cc3C(F)(F)F)C3CCC3)c3ccc(C=CC(=O)O)cc3)cc12. The van der Waals surface area contributed by atoms with Crippen LogP contribution >= 0.6 is 0 Å². The lowest BCUT2D eigenvalue weighted by molar-refractivity contribution is -0.138. The van der Waals surface area contributed by atoms with Crippen molar-refractivity contribution in [2.75, 3.05) is 0 Å². The van der Waals surface area contributed by atoms with E-state index in [1.54, 1.807) is 42.5 Å². The van der Waals surface area contributed by atoms with E-state index in [0.717, 1.165) is 18.7 Å². The molecule has 0 aliphatic heterocycles. The second kappa shape index (κ2) is 10.2. The number of aromatic nitrogens is 3. The lowest BCUT2D eigenvalue weighted by Crippen LogP contribution is -2.20. The zero-order valence-electron chi connectivity index (χ0n) is 20.3. The topological polar surface area (TPSA) is 103 Å². The molecule has 2 N–H and O–H groups in total. The van der Waals surface area contributed by atoms with Crippen molar-refractivity contribution in [1.82, 2.24) is 15.2 Å². The predicted octanol–water partition coefficient (Wildman–Crippen LogP) is 6.84. The highest BCUT2D eigenvalue weighted by atomic mass is 19.4. The molecule has 0 spiro atoms. The molecule has 2 aromatic heterocycles. The maximum absolute atomic E-state index is 14.2. The molecule has 196 valence electrons. The van der Waals surface area contributed by atoms with Gasteiger partial charge in [-0.25, -0.2) is 9.18 Å². The van der Waals surface area contributed by atoms with Crippen molar-refractivity contribution >= 4 is 34.1 Å². The number of hydrogen-bond acceptors (Lipinski definition) is 4. The summed E-state index contributed by atoms with van der Waals surface area (Å²) in [6.07, 6.45) is 0.411. The van der Waals surface area contributed by atoms with Gasteiger partial charge >= 0.3 is 12.1 Å². The van der Waals surface area contributed by atoms with Crippen LogP contribution in [-0.4, -0.2) is 26.3 Å². The molecule has 10 heteroatoms. The van der Waals surface area contributed by atoms with Crippen molar-refractivity contribution in [3.05, 3.63) is 100 Å². The van der Waals surface area contributed by atoms with E-state index in [-0.39, 0.29) is 17.3 Å². The molecule has 1 aliphatic carbocycles. The van der Waals surface area contributed by atoms with E-state index in [9.17, 15) is 27.6 Å². The van der Waals surface area contributed by atoms with Crippen LogP contribution in [-0.2, 0) is 11.0 Å². The van der Waals surface area contributed by atoms with Crippen molar-refractivity contribution in [3.8, 4) is 6.07 Å². The number of nitrogens with one attached hydrogen (secondary N) is 1. The van der Waals surface area contributed by atoms with Gasteiger partial charge in [0.2, 0.25) is 0 Å². The summed E-state index contributed by atoms with van der Waals surface area (Å²) in [6, 6.07) is 14.3. The average molecular weight is 532 g/mol. The van der Waals surface area contributed by atoms with Crippen LogP contribution in [0.4, 0.5) is 17.6 Å². The molecule has 1 aliphatic rings. The molecule has 0 atom stereocenters. The maximum Gasteiger partial charge on any atom is 0.418 e. The average Bonchev–Trinajstić information content (AvgIpc) is 3.29. The molecule has 6 nitrogen and oxygen atoms in total. The number of allylic oxidation sites excluding steroid dienone is 1. The Kier molecular flexibility index (Phi) is 6.74. The summed E-state index contributed by atoms with van der Waals surface area (Å²) in [7, 11) is 0. The minimum absolute atomic E-state index is 0.140. The number of nitriles is 1. The fourth-order valence-electron chi connectivity index (χ4n) is 4.74. The summed E-state index contributed by atoms with van der Waals surface area (Å²) in [4.78, 5) is 14.9. The summed E-state index contributed by atoms with van der Waals surface area (Å²) in [5.41, 5.74) is 1.70. The first-order valence-corrected chi connectivity index (χ1v) is 12.0. The first kappa shape index (κ1) is 25.9. The Morgan fingerprint density at radius 2 is 1.82 bits per heavy atom. The van der Waals surface area contributed by atoms with Gasteiger partial charge in [-0.15, -0.1) is 0 Å². The molecule has 0 unspecified atom stereocenters. The fourth-order valence-corrected chi connectivity index (χ4v) is 4.74. The number of carboxylic acids is 1. The normalized spacial score (nSPS) is 14.7. The lowest BCUT2D eigenvalue weighted by Gasteiger charge is -2.32. The fraction of sp³-hybridized carbons (Fsp3) is 0.172. The van der Waals surface area contributed by atoms with Gasteiger partial charge < -0.3 is 5.11 Å². The number of H-pyrrole nitrogens is 1. The molecule has 4 aromatic rings. The van der Waals surface area contributed by atoms with Gasteiger partial charge in [0.05, 0.1) is 23.0 Å². The van der Waals surface area contributed by atoms with E-state index in [0.29, 0.717) is 57.6 Å². The number of carbonyl (C=O) groups is 1. The van der Waals surface area contributed by atoms with E-state index in [4.69, 9.17) is 5.11 Å². The van der Waals surface area contributed by atoms with Crippen LogP contribution in [0.5, 0.6) is 0 Å². The number of nitrogens with zero attached hydrogens (tertiary/aromatic N) is 3. The number of carboxylic acid groups (broad SMARTS) is 1. The number of rotatable bonds is 6. The van der Waals surface area contributed by atoms with Gasteiger partial charge in [-0.1, -0.05) is 36.8 Å². The van der Waals surface area contributed by atoms with Crippen molar-refractivity contribution in [2.45, 2.75) is 25.4 Å². The number of aliphatic carboxylic acids is 1. The first-order chi connectivity index (χ1) is 18.7. The van der Waals surface area contributed by atoms with E-state index in [1.165, 1.54) is 6.08 Å². The van der Waals surface area contributed by atoms with Gasteiger partial charge in [-0.2, -0.15) is 23.5 Å². The molecular formula is C29H20F4N4O2. The van der Waals surface area contributed by atoms with Gasteiger partial charge in [0, 0.05) is 11.5 Å². The summed E-state index contributed by atoms with van der Waals surface area (Å²) in [5, 5.41) is 25.7. The highest BCUT2D eigenvalue weighted by Gasteiger charge is 2.39. The molecule has 2 heterocycles. The number of fused-ring (bicyclic) bond motifs is 1. The molecule has 1 fully saturated rings. The third-order valence-electron chi connectivity index (χ3n) is 6.77. The summed E-state index contributed by atoms with van der Waals surface area (Å²) in [6.45, 7) is 0. The molecule has 0 bridgehead atoms. The zero-order chi connectivity index (χ0) is 27.7. The molecule has 5 rings (SSSR count). The van der Waals surface area contributed by atoms with Gasteiger partial charge in [0.15, 0.2) is 5.69 Å². The van der Waals surface area contributed by atoms with Gasteiger partial charge in [-0.3, -0.25) is 10.1 Å². The third-order valence-corrected chi connectivity index (χ3v) is 6.77. The smallest absolute Gasteiger partial charge is 0.418 e. The minimum Gasteiger partial charge on any atom is -0.478 e. The molecule has 1 saturated carbocycles. The number of alkyl halides is 3. The highest BCUT2D eigenvalue weighted by Crippen LogP contribution is 2.47. The summed E-state index contributed by atoms with van der Waals surface area (Å²) >= 11 is 0. The van der Waals surface area contributed by atoms with E-state index in [1.807, 2.05) is 6.07 Å². The number of aromatic amines is 1. The van der Waals surface area contributed by atoms with E-state index < -0.39 is 23.5 Å². The standard InChI is InChI=1S/C29H20F4N4O2/c30-20-13-22(29(31,32)33)28(35-15-20)27(17-2-1-3-17)26(18-7-4-16(5-8-18)6-11-25(38)39)19-9-10-23-21(12-19)24(14-34)37-36-23/h4-13,15,17H,1-3H2,(H,36,37)(H,38,39). The van der Waals surface area contributed by atoms with Crippen LogP contribution in [0, 0.1) is 23.1 Å². The van der Waals surface area contributed by atoms with Crippen LogP contribution in [0.1, 0.15) is 52.9 Å². The second-order valence-corrected chi connectivity index (χ2v) is 9.20. The molecule has 2 aromatic carbocycles. The molecule has 0 radical (unpaired) electrons. The van der Waals surface area contributed by atoms with Crippen LogP contribution in [0.3, 0.4) is 0 Å². The van der Waals surface area contributed by atoms with Gasteiger partial charge in [0.1, 0.15) is 11.9 Å². The summed E-state index contributed by atoms with van der Waals surface area (Å²) in [5.74, 6) is -2.47. The highest BCUT2D eigenvalue weighted by molar-refractivity contribution is 6.01. The van der Waals surface area contributed by atoms with Gasteiger partial charge in [-0.05, 0) is 70.9 Å². The molecule has 39 heavy (non-hydrogen) atoms. The Morgan fingerprint density at radius 1 is 1.10 bits per heavy atom.